The first-order valence-corrected chi connectivity index (χ1v) is 9.88. The van der Waals surface area contributed by atoms with Crippen LogP contribution in [0.15, 0.2) is 90.1 Å². The highest BCUT2D eigenvalue weighted by molar-refractivity contribution is 6.01. The van der Waals surface area contributed by atoms with Gasteiger partial charge in [0, 0.05) is 17.7 Å². The van der Waals surface area contributed by atoms with Crippen molar-refractivity contribution in [1.82, 2.24) is 0 Å². The van der Waals surface area contributed by atoms with Gasteiger partial charge in [-0.3, -0.25) is 4.79 Å². The molecule has 29 heavy (non-hydrogen) atoms. The van der Waals surface area contributed by atoms with Crippen molar-refractivity contribution in [3.05, 3.63) is 107 Å². The van der Waals surface area contributed by atoms with Crippen LogP contribution < -0.4 is 10.6 Å². The van der Waals surface area contributed by atoms with Gasteiger partial charge in [-0.2, -0.15) is 0 Å². The van der Waals surface area contributed by atoms with E-state index in [4.69, 9.17) is 0 Å². The summed E-state index contributed by atoms with van der Waals surface area (Å²) < 4.78 is 13.5. The monoisotopic (exact) mass is 384 g/mol. The smallest absolute Gasteiger partial charge is 0.163 e. The van der Waals surface area contributed by atoms with Gasteiger partial charge in [-0.15, -0.1) is 0 Å². The molecule has 5 rings (SSSR count). The molecule has 3 nitrogen and oxygen atoms in total. The van der Waals surface area contributed by atoms with Crippen molar-refractivity contribution >= 4 is 17.2 Å². The van der Waals surface area contributed by atoms with Crippen molar-refractivity contribution in [2.45, 2.75) is 24.8 Å². The summed E-state index contributed by atoms with van der Waals surface area (Å²) in [7, 11) is 0. The predicted octanol–water partition coefficient (Wildman–Crippen LogP) is 5.81. The highest BCUT2D eigenvalue weighted by Crippen LogP contribution is 2.44. The Hall–Kier alpha value is -3.40. The van der Waals surface area contributed by atoms with Gasteiger partial charge in [-0.25, -0.2) is 4.39 Å². The van der Waals surface area contributed by atoms with Gasteiger partial charge >= 0.3 is 0 Å². The SMILES string of the molecule is O=C1C[C@@H](c2ccccc2)CC2=C1[C@H](c1ccc(F)cc1)Nc1ccccc1N2. The third-order valence-corrected chi connectivity index (χ3v) is 5.78. The molecule has 0 saturated carbocycles. The molecule has 1 aliphatic heterocycles. The summed E-state index contributed by atoms with van der Waals surface area (Å²) in [5, 5.41) is 7.04. The molecule has 0 bridgehead atoms. The first-order chi connectivity index (χ1) is 14.2. The molecule has 3 aromatic carbocycles. The number of hydrogen-bond donors (Lipinski definition) is 2. The zero-order chi connectivity index (χ0) is 19.8. The summed E-state index contributed by atoms with van der Waals surface area (Å²) in [6.07, 6.45) is 1.24. The van der Waals surface area contributed by atoms with Crippen molar-refractivity contribution < 1.29 is 9.18 Å². The maximum absolute atomic E-state index is 13.5. The van der Waals surface area contributed by atoms with Crippen LogP contribution >= 0.6 is 0 Å². The Kier molecular flexibility index (Phi) is 4.39. The molecule has 2 N–H and O–H groups in total. The molecular weight excluding hydrogens is 363 g/mol. The largest absolute Gasteiger partial charge is 0.372 e. The Balaban J connectivity index is 1.61. The molecule has 4 heteroatoms. The lowest BCUT2D eigenvalue weighted by Gasteiger charge is -2.30. The van der Waals surface area contributed by atoms with E-state index in [1.165, 1.54) is 17.7 Å². The number of halogens is 1. The number of fused-ring (bicyclic) bond motifs is 1. The van der Waals surface area contributed by atoms with Gasteiger partial charge in [0.2, 0.25) is 0 Å². The van der Waals surface area contributed by atoms with Gasteiger partial charge in [0.05, 0.1) is 17.4 Å². The lowest BCUT2D eigenvalue weighted by atomic mass is 9.78. The zero-order valence-electron chi connectivity index (χ0n) is 15.9. The van der Waals surface area contributed by atoms with E-state index >= 15 is 0 Å². The summed E-state index contributed by atoms with van der Waals surface area (Å²) in [6.45, 7) is 0. The van der Waals surface area contributed by atoms with Gasteiger partial charge in [0.1, 0.15) is 5.82 Å². The molecule has 2 aliphatic rings. The number of Topliss-reactive ketones (excluding diaryl/α,β-unsaturated/α-hetero) is 1. The minimum atomic E-state index is -0.314. The fourth-order valence-electron chi connectivity index (χ4n) is 4.36. The Bertz CT molecular complexity index is 1090. The quantitative estimate of drug-likeness (QED) is 0.586. The molecule has 3 aromatic rings. The van der Waals surface area contributed by atoms with Crippen molar-refractivity contribution in [2.24, 2.45) is 0 Å². The molecular formula is C25H21FN2O. The van der Waals surface area contributed by atoms with Crippen molar-refractivity contribution in [3.63, 3.8) is 0 Å². The number of para-hydroxylation sites is 2. The van der Waals surface area contributed by atoms with Crippen molar-refractivity contribution in [1.29, 1.82) is 0 Å². The summed E-state index contributed by atoms with van der Waals surface area (Å²) in [4.78, 5) is 13.4. The second-order valence-corrected chi connectivity index (χ2v) is 7.63. The van der Waals surface area contributed by atoms with Gasteiger partial charge in [-0.05, 0) is 47.7 Å². The third-order valence-electron chi connectivity index (χ3n) is 5.78. The maximum atomic E-state index is 13.5. The number of benzene rings is 3. The van der Waals surface area contributed by atoms with Crippen LogP contribution in [0.25, 0.3) is 0 Å². The van der Waals surface area contributed by atoms with Crippen LogP contribution in [0.5, 0.6) is 0 Å². The number of rotatable bonds is 2. The number of allylic oxidation sites excluding steroid dienone is 1. The molecule has 1 heterocycles. The number of carbonyl (C=O) groups is 1. The summed E-state index contributed by atoms with van der Waals surface area (Å²) in [5.41, 5.74) is 5.63. The highest BCUT2D eigenvalue weighted by atomic mass is 19.1. The summed E-state index contributed by atoms with van der Waals surface area (Å²) >= 11 is 0. The van der Waals surface area contributed by atoms with E-state index in [-0.39, 0.29) is 23.6 Å². The molecule has 144 valence electrons. The van der Waals surface area contributed by atoms with E-state index in [0.29, 0.717) is 6.42 Å². The van der Waals surface area contributed by atoms with Gasteiger partial charge < -0.3 is 10.6 Å². The van der Waals surface area contributed by atoms with Gasteiger partial charge in [0.15, 0.2) is 5.78 Å². The second kappa shape index (κ2) is 7.21. The summed E-state index contributed by atoms with van der Waals surface area (Å²) in [5.74, 6) is -0.00877. The first kappa shape index (κ1) is 17.7. The molecule has 0 amide bonds. The summed E-state index contributed by atoms with van der Waals surface area (Å²) in [6, 6.07) is 24.2. The Labute approximate surface area is 169 Å². The third kappa shape index (κ3) is 3.31. The number of ketones is 1. The first-order valence-electron chi connectivity index (χ1n) is 9.88. The molecule has 1 aliphatic carbocycles. The molecule has 0 fully saturated rings. The Morgan fingerprint density at radius 3 is 2.21 bits per heavy atom. The molecule has 0 saturated heterocycles. The van der Waals surface area contributed by atoms with Crippen LogP contribution in [-0.2, 0) is 4.79 Å². The molecule has 0 aromatic heterocycles. The number of carbonyl (C=O) groups excluding carboxylic acids is 1. The standard InChI is InChI=1S/C25H21FN2O/c26-19-12-10-17(11-13-19)25-24-22(27-20-8-4-5-9-21(20)28-25)14-18(15-23(24)29)16-6-2-1-3-7-16/h1-13,18,25,27-28H,14-15H2/t18-,25-/m0/s1. The number of nitrogens with one attached hydrogen (secondary N) is 2. The minimum Gasteiger partial charge on any atom is -0.372 e. The average Bonchev–Trinajstić information content (AvgIpc) is 2.92. The zero-order valence-corrected chi connectivity index (χ0v) is 15.9. The maximum Gasteiger partial charge on any atom is 0.163 e. The van der Waals surface area contributed by atoms with Crippen LogP contribution in [0.3, 0.4) is 0 Å². The second-order valence-electron chi connectivity index (χ2n) is 7.63. The molecule has 0 unspecified atom stereocenters. The lowest BCUT2D eigenvalue weighted by molar-refractivity contribution is -0.116. The van der Waals surface area contributed by atoms with Crippen LogP contribution in [-0.4, -0.2) is 5.78 Å². The fourth-order valence-corrected chi connectivity index (χ4v) is 4.36. The van der Waals surface area contributed by atoms with Gasteiger partial charge in [0.25, 0.3) is 0 Å². The normalized spacial score (nSPS) is 20.8. The topological polar surface area (TPSA) is 41.1 Å². The van der Waals surface area contributed by atoms with Gasteiger partial charge in [-0.1, -0.05) is 54.6 Å². The van der Waals surface area contributed by atoms with Crippen molar-refractivity contribution in [2.75, 3.05) is 10.6 Å². The number of hydrogen-bond acceptors (Lipinski definition) is 3. The minimum absolute atomic E-state index is 0.127. The van der Waals surface area contributed by atoms with E-state index in [0.717, 1.165) is 34.6 Å². The molecule has 0 spiro atoms. The predicted molar refractivity (Wildman–Crippen MR) is 113 cm³/mol. The van der Waals surface area contributed by atoms with Crippen molar-refractivity contribution in [3.8, 4) is 0 Å². The average molecular weight is 384 g/mol. The number of anilines is 2. The van der Waals surface area contributed by atoms with E-state index in [2.05, 4.69) is 22.8 Å². The van der Waals surface area contributed by atoms with E-state index in [9.17, 15) is 9.18 Å². The highest BCUT2D eigenvalue weighted by Gasteiger charge is 2.35. The van der Waals surface area contributed by atoms with Crippen LogP contribution in [0, 0.1) is 5.82 Å². The molecule has 2 atom stereocenters. The Morgan fingerprint density at radius 1 is 0.759 bits per heavy atom. The molecule has 0 radical (unpaired) electrons. The van der Waals surface area contributed by atoms with Crippen LogP contribution in [0.4, 0.5) is 15.8 Å². The van der Waals surface area contributed by atoms with Crippen LogP contribution in [0.2, 0.25) is 0 Å². The Morgan fingerprint density at radius 2 is 1.45 bits per heavy atom. The van der Waals surface area contributed by atoms with E-state index in [1.54, 1.807) is 12.1 Å². The van der Waals surface area contributed by atoms with E-state index in [1.807, 2.05) is 42.5 Å². The lowest BCUT2D eigenvalue weighted by Crippen LogP contribution is -2.26. The van der Waals surface area contributed by atoms with Crippen LogP contribution in [0.1, 0.15) is 35.9 Å². The van der Waals surface area contributed by atoms with E-state index < -0.39 is 0 Å². The fraction of sp³-hybridized carbons (Fsp3) is 0.160.